The van der Waals surface area contributed by atoms with Gasteiger partial charge in [0, 0.05) is 5.92 Å². The highest BCUT2D eigenvalue weighted by atomic mass is 19.1. The number of hydrogen-bond donors (Lipinski definition) is 1. The van der Waals surface area contributed by atoms with E-state index in [-0.39, 0.29) is 5.82 Å². The first kappa shape index (κ1) is 13.0. The first-order valence-corrected chi connectivity index (χ1v) is 7.02. The molecule has 3 aromatic heterocycles. The molecule has 6 nitrogen and oxygen atoms in total. The fourth-order valence-electron chi connectivity index (χ4n) is 2.50. The summed E-state index contributed by atoms with van der Waals surface area (Å²) in [5, 5.41) is 4.28. The maximum Gasteiger partial charge on any atom is 0.165 e. The third-order valence-electron chi connectivity index (χ3n) is 3.82. The number of aromatic nitrogens is 4. The van der Waals surface area contributed by atoms with Crippen LogP contribution in [-0.4, -0.2) is 26.7 Å². The van der Waals surface area contributed by atoms with Gasteiger partial charge in [-0.2, -0.15) is 5.10 Å². The van der Waals surface area contributed by atoms with Crippen LogP contribution in [0.2, 0.25) is 0 Å². The number of nitrogen functional groups attached to an aromatic ring is 1. The molecule has 0 amide bonds. The lowest BCUT2D eigenvalue weighted by atomic mass is 10.2. The minimum absolute atomic E-state index is 0.132. The van der Waals surface area contributed by atoms with Crippen molar-refractivity contribution in [2.24, 2.45) is 0 Å². The zero-order valence-electron chi connectivity index (χ0n) is 12.0. The number of fused-ring (bicyclic) bond motifs is 1. The first-order valence-electron chi connectivity index (χ1n) is 7.02. The largest absolute Gasteiger partial charge is 0.493 e. The summed E-state index contributed by atoms with van der Waals surface area (Å²) in [4.78, 5) is 8.77. The third kappa shape index (κ3) is 1.97. The van der Waals surface area contributed by atoms with Gasteiger partial charge in [-0.05, 0) is 25.0 Å². The van der Waals surface area contributed by atoms with Gasteiger partial charge in [-0.15, -0.1) is 0 Å². The van der Waals surface area contributed by atoms with E-state index in [2.05, 4.69) is 10.1 Å². The van der Waals surface area contributed by atoms with Crippen molar-refractivity contribution in [3.8, 4) is 17.0 Å². The standard InChI is InChI=1S/C15H14FN5O/c1-22-12-7-21-15(20-13(12)8-2-3-8)9(6-18-21)11-5-4-10(16)14(17)19-11/h4-8H,2-3H2,1H3,(H2,17,19). The minimum Gasteiger partial charge on any atom is -0.493 e. The molecule has 1 aliphatic carbocycles. The van der Waals surface area contributed by atoms with E-state index in [1.165, 1.54) is 6.07 Å². The number of nitrogens with zero attached hydrogens (tertiary/aromatic N) is 4. The summed E-state index contributed by atoms with van der Waals surface area (Å²) in [5.41, 5.74) is 8.42. The molecule has 22 heavy (non-hydrogen) atoms. The maximum absolute atomic E-state index is 13.3. The number of anilines is 1. The topological polar surface area (TPSA) is 78.3 Å². The van der Waals surface area contributed by atoms with Gasteiger partial charge in [-0.1, -0.05) is 0 Å². The lowest BCUT2D eigenvalue weighted by molar-refractivity contribution is 0.403. The summed E-state index contributed by atoms with van der Waals surface area (Å²) in [6.07, 6.45) is 5.69. The quantitative estimate of drug-likeness (QED) is 0.803. The molecule has 0 spiro atoms. The van der Waals surface area contributed by atoms with Crippen molar-refractivity contribution in [1.82, 2.24) is 19.6 Å². The lowest BCUT2D eigenvalue weighted by Crippen LogP contribution is -2.00. The first-order chi connectivity index (χ1) is 10.7. The van der Waals surface area contributed by atoms with Crippen LogP contribution in [-0.2, 0) is 0 Å². The lowest BCUT2D eigenvalue weighted by Gasteiger charge is -2.08. The van der Waals surface area contributed by atoms with Crippen molar-refractivity contribution in [1.29, 1.82) is 0 Å². The molecule has 0 radical (unpaired) electrons. The van der Waals surface area contributed by atoms with Crippen LogP contribution in [0.3, 0.4) is 0 Å². The Morgan fingerprint density at radius 1 is 1.32 bits per heavy atom. The van der Waals surface area contributed by atoms with Crippen LogP contribution in [0.5, 0.6) is 5.75 Å². The summed E-state index contributed by atoms with van der Waals surface area (Å²) in [6.45, 7) is 0. The number of hydrogen-bond acceptors (Lipinski definition) is 5. The van der Waals surface area contributed by atoms with E-state index in [9.17, 15) is 4.39 Å². The molecule has 0 atom stereocenters. The van der Waals surface area contributed by atoms with Crippen molar-refractivity contribution in [3.05, 3.63) is 36.0 Å². The molecule has 0 aliphatic heterocycles. The summed E-state index contributed by atoms with van der Waals surface area (Å²) < 4.78 is 20.3. The molecular weight excluding hydrogens is 285 g/mol. The molecule has 1 fully saturated rings. The molecule has 4 rings (SSSR count). The number of methoxy groups -OCH3 is 1. The maximum atomic E-state index is 13.3. The Morgan fingerprint density at radius 3 is 2.82 bits per heavy atom. The van der Waals surface area contributed by atoms with Gasteiger partial charge >= 0.3 is 0 Å². The monoisotopic (exact) mass is 299 g/mol. The zero-order valence-corrected chi connectivity index (χ0v) is 12.0. The van der Waals surface area contributed by atoms with Crippen molar-refractivity contribution < 1.29 is 9.13 Å². The molecule has 0 unspecified atom stereocenters. The Labute approximate surface area is 125 Å². The molecule has 1 aliphatic rings. The highest BCUT2D eigenvalue weighted by molar-refractivity contribution is 5.75. The van der Waals surface area contributed by atoms with Crippen LogP contribution in [0.25, 0.3) is 16.9 Å². The van der Waals surface area contributed by atoms with Crippen LogP contribution in [0.1, 0.15) is 24.5 Å². The van der Waals surface area contributed by atoms with E-state index in [4.69, 9.17) is 15.5 Å². The SMILES string of the molecule is COc1cn2ncc(-c3ccc(F)c(N)n3)c2nc1C1CC1. The molecule has 0 aromatic carbocycles. The van der Waals surface area contributed by atoms with Gasteiger partial charge in [0.15, 0.2) is 23.0 Å². The molecule has 0 bridgehead atoms. The van der Waals surface area contributed by atoms with E-state index in [1.54, 1.807) is 23.9 Å². The number of ether oxygens (including phenoxy) is 1. The predicted molar refractivity (Wildman–Crippen MR) is 79.1 cm³/mol. The summed E-state index contributed by atoms with van der Waals surface area (Å²) in [5.74, 6) is 0.506. The molecule has 7 heteroatoms. The highest BCUT2D eigenvalue weighted by Crippen LogP contribution is 2.43. The van der Waals surface area contributed by atoms with Gasteiger partial charge in [-0.25, -0.2) is 18.9 Å². The van der Waals surface area contributed by atoms with Crippen LogP contribution in [0.4, 0.5) is 10.2 Å². The minimum atomic E-state index is -0.534. The number of nitrogens with two attached hydrogens (primary N) is 1. The van der Waals surface area contributed by atoms with Crippen LogP contribution < -0.4 is 10.5 Å². The van der Waals surface area contributed by atoms with E-state index >= 15 is 0 Å². The average molecular weight is 299 g/mol. The second-order valence-electron chi connectivity index (χ2n) is 5.36. The molecule has 3 aromatic rings. The van der Waals surface area contributed by atoms with E-state index in [1.807, 2.05) is 6.20 Å². The van der Waals surface area contributed by atoms with Crippen LogP contribution >= 0.6 is 0 Å². The fraction of sp³-hybridized carbons (Fsp3) is 0.267. The second-order valence-corrected chi connectivity index (χ2v) is 5.36. The predicted octanol–water partition coefficient (Wildman–Crippen LogP) is 2.40. The molecule has 0 saturated heterocycles. The van der Waals surface area contributed by atoms with Gasteiger partial charge in [0.05, 0.1) is 36.5 Å². The molecule has 2 N–H and O–H groups in total. The number of rotatable bonds is 3. The molecule has 3 heterocycles. The number of pyridine rings is 1. The van der Waals surface area contributed by atoms with Gasteiger partial charge < -0.3 is 10.5 Å². The van der Waals surface area contributed by atoms with E-state index < -0.39 is 5.82 Å². The Morgan fingerprint density at radius 2 is 2.14 bits per heavy atom. The fourth-order valence-corrected chi connectivity index (χ4v) is 2.50. The van der Waals surface area contributed by atoms with Crippen molar-refractivity contribution in [3.63, 3.8) is 0 Å². The average Bonchev–Trinajstić information content (AvgIpc) is 3.29. The van der Waals surface area contributed by atoms with E-state index in [0.717, 1.165) is 29.8 Å². The van der Waals surface area contributed by atoms with Crippen LogP contribution in [0.15, 0.2) is 24.5 Å². The summed E-state index contributed by atoms with van der Waals surface area (Å²) in [6, 6.07) is 2.87. The Bertz CT molecular complexity index is 872. The van der Waals surface area contributed by atoms with Crippen LogP contribution in [0, 0.1) is 5.82 Å². The summed E-state index contributed by atoms with van der Waals surface area (Å²) >= 11 is 0. The van der Waals surface area contributed by atoms with E-state index in [0.29, 0.717) is 17.3 Å². The van der Waals surface area contributed by atoms with Crippen molar-refractivity contribution in [2.45, 2.75) is 18.8 Å². The van der Waals surface area contributed by atoms with Crippen molar-refractivity contribution >= 4 is 11.5 Å². The third-order valence-corrected chi connectivity index (χ3v) is 3.82. The molecule has 112 valence electrons. The van der Waals surface area contributed by atoms with Gasteiger partial charge in [0.1, 0.15) is 0 Å². The van der Waals surface area contributed by atoms with Gasteiger partial charge in [0.25, 0.3) is 0 Å². The zero-order chi connectivity index (χ0) is 15.3. The van der Waals surface area contributed by atoms with Gasteiger partial charge in [0.2, 0.25) is 0 Å². The Kier molecular flexibility index (Phi) is 2.75. The summed E-state index contributed by atoms with van der Waals surface area (Å²) in [7, 11) is 1.63. The Hall–Kier alpha value is -2.70. The molecule has 1 saturated carbocycles. The number of halogens is 1. The van der Waals surface area contributed by atoms with Gasteiger partial charge in [-0.3, -0.25) is 0 Å². The second kappa shape index (κ2) is 4.66. The smallest absolute Gasteiger partial charge is 0.165 e. The normalized spacial score (nSPS) is 14.5. The Balaban J connectivity index is 1.91. The molecular formula is C15H14FN5O. The van der Waals surface area contributed by atoms with Crippen molar-refractivity contribution in [2.75, 3.05) is 12.8 Å². The highest BCUT2D eigenvalue weighted by Gasteiger charge is 2.29.